The molecule has 3 N–H and O–H groups in total. The zero-order valence-corrected chi connectivity index (χ0v) is 25.2. The molecule has 3 aromatic carbocycles. The van der Waals surface area contributed by atoms with Crippen molar-refractivity contribution in [3.63, 3.8) is 0 Å². The van der Waals surface area contributed by atoms with Gasteiger partial charge in [0.05, 0.1) is 17.7 Å². The fourth-order valence-corrected chi connectivity index (χ4v) is 5.49. The van der Waals surface area contributed by atoms with E-state index in [9.17, 15) is 18.8 Å². The highest BCUT2D eigenvalue weighted by Crippen LogP contribution is 2.28. The number of esters is 1. The van der Waals surface area contributed by atoms with E-state index in [0.717, 1.165) is 55.5 Å². The average molecular weight is 634 g/mol. The molecule has 1 fully saturated rings. The smallest absolute Gasteiger partial charge is 0.328 e. The lowest BCUT2D eigenvalue weighted by Crippen LogP contribution is -2.33. The van der Waals surface area contributed by atoms with Gasteiger partial charge in [-0.05, 0) is 74.9 Å². The van der Waals surface area contributed by atoms with E-state index in [4.69, 9.17) is 15.2 Å². The van der Waals surface area contributed by atoms with Gasteiger partial charge in [0.2, 0.25) is 0 Å². The zero-order valence-electron chi connectivity index (χ0n) is 25.2. The van der Waals surface area contributed by atoms with Crippen LogP contribution in [-0.4, -0.2) is 35.6 Å². The van der Waals surface area contributed by atoms with Crippen molar-refractivity contribution >= 4 is 17.6 Å². The predicted octanol–water partition coefficient (Wildman–Crippen LogP) is 5.96. The minimum Gasteiger partial charge on any atom is -0.493 e. The maximum atomic E-state index is 15.3. The molecule has 0 bridgehead atoms. The number of benzene rings is 3. The molecule has 1 saturated carbocycles. The summed E-state index contributed by atoms with van der Waals surface area (Å²) in [6.07, 6.45) is 4.08. The summed E-state index contributed by atoms with van der Waals surface area (Å²) in [7, 11) is 0. The average Bonchev–Trinajstić information content (AvgIpc) is 3.53. The third-order valence-corrected chi connectivity index (χ3v) is 7.85. The molecular formula is C35H34F3N3O5. The van der Waals surface area contributed by atoms with Gasteiger partial charge in [0.15, 0.2) is 17.4 Å². The molecule has 1 aliphatic rings. The van der Waals surface area contributed by atoms with Crippen LogP contribution < -0.4 is 21.3 Å². The number of nitrogen functional groups attached to an aromatic ring is 1. The summed E-state index contributed by atoms with van der Waals surface area (Å²) >= 11 is 0. The van der Waals surface area contributed by atoms with E-state index in [2.05, 4.69) is 5.32 Å². The van der Waals surface area contributed by atoms with Crippen LogP contribution in [0.3, 0.4) is 0 Å². The van der Waals surface area contributed by atoms with Gasteiger partial charge in [0.1, 0.15) is 35.2 Å². The first kappa shape index (κ1) is 32.5. The van der Waals surface area contributed by atoms with Crippen LogP contribution in [0.1, 0.15) is 65.2 Å². The maximum Gasteiger partial charge on any atom is 0.328 e. The summed E-state index contributed by atoms with van der Waals surface area (Å²) in [4.78, 5) is 38.7. The number of aryl methyl sites for hydroxylation is 1. The Morgan fingerprint density at radius 2 is 1.61 bits per heavy atom. The van der Waals surface area contributed by atoms with Gasteiger partial charge in [0.25, 0.3) is 5.56 Å². The molecule has 1 aromatic heterocycles. The Hall–Kier alpha value is -4.90. The first-order valence-electron chi connectivity index (χ1n) is 15.1. The van der Waals surface area contributed by atoms with Gasteiger partial charge < -0.3 is 20.5 Å². The highest BCUT2D eigenvalue weighted by Gasteiger charge is 2.27. The molecule has 0 radical (unpaired) electrons. The molecule has 4 aromatic rings. The number of ether oxygens (including phenoxy) is 2. The van der Waals surface area contributed by atoms with Crippen LogP contribution in [-0.2, 0) is 9.53 Å². The minimum absolute atomic E-state index is 0.0542. The van der Waals surface area contributed by atoms with Crippen LogP contribution in [0.25, 0.3) is 5.69 Å². The third-order valence-electron chi connectivity index (χ3n) is 7.85. The van der Waals surface area contributed by atoms with Crippen LogP contribution >= 0.6 is 0 Å². The minimum atomic E-state index is -1.16. The summed E-state index contributed by atoms with van der Waals surface area (Å²) in [5, 5.41) is 3.19. The second kappa shape index (κ2) is 14.5. The maximum absolute atomic E-state index is 15.3. The van der Waals surface area contributed by atoms with E-state index in [1.54, 1.807) is 6.92 Å². The van der Waals surface area contributed by atoms with E-state index in [0.29, 0.717) is 23.1 Å². The third kappa shape index (κ3) is 7.31. The summed E-state index contributed by atoms with van der Waals surface area (Å²) in [6.45, 7) is 2.05. The van der Waals surface area contributed by atoms with Crippen LogP contribution in [0, 0.1) is 24.4 Å². The van der Waals surface area contributed by atoms with Gasteiger partial charge in [-0.25, -0.2) is 18.0 Å². The first-order chi connectivity index (χ1) is 22.1. The van der Waals surface area contributed by atoms with Crippen LogP contribution in [0.4, 0.5) is 19.0 Å². The first-order valence-corrected chi connectivity index (χ1v) is 15.1. The largest absolute Gasteiger partial charge is 0.493 e. The molecule has 240 valence electrons. The monoisotopic (exact) mass is 633 g/mol. The number of pyridine rings is 1. The molecule has 46 heavy (non-hydrogen) atoms. The molecular weight excluding hydrogens is 599 g/mol. The molecule has 0 amide bonds. The highest BCUT2D eigenvalue weighted by molar-refractivity contribution is 6.12. The van der Waals surface area contributed by atoms with Gasteiger partial charge in [-0.2, -0.15) is 0 Å². The Morgan fingerprint density at radius 1 is 0.935 bits per heavy atom. The molecule has 1 atom stereocenters. The SMILES string of the molecule is Cc1ccc(C(=O)c2ccc(=O)n(-c3c(F)cc(OCCCN[C@H](C(=O)OC4CCCC4)c4ccccc4)cc3F)c2N)c(F)c1. The van der Waals surface area contributed by atoms with Crippen molar-refractivity contribution in [1.29, 1.82) is 0 Å². The topological polar surface area (TPSA) is 113 Å². The van der Waals surface area contributed by atoms with Gasteiger partial charge in [-0.15, -0.1) is 0 Å². The standard InChI is InChI=1S/C35H34F3N3O5/c1-21-12-13-25(27(36)18-21)33(43)26-14-15-30(42)41(34(26)39)32-28(37)19-24(20-29(32)38)45-17-7-16-40-31(22-8-3-2-4-9-22)35(44)46-23-10-5-6-11-23/h2-4,8-9,12-15,18-20,23,31,40H,5-7,10-11,16-17,39H2,1H3/t31-/m0/s1. The summed E-state index contributed by atoms with van der Waals surface area (Å²) in [6, 6.07) is 16.3. The molecule has 1 aliphatic carbocycles. The Balaban J connectivity index is 1.26. The zero-order chi connectivity index (χ0) is 32.8. The van der Waals surface area contributed by atoms with Gasteiger partial charge >= 0.3 is 5.97 Å². The molecule has 0 spiro atoms. The van der Waals surface area contributed by atoms with Crippen LogP contribution in [0.2, 0.25) is 0 Å². The number of carbonyl (C=O) groups excluding carboxylic acids is 2. The Morgan fingerprint density at radius 3 is 2.28 bits per heavy atom. The number of anilines is 1. The number of aromatic nitrogens is 1. The van der Waals surface area contributed by atoms with Crippen LogP contribution in [0.5, 0.6) is 5.75 Å². The van der Waals surface area contributed by atoms with Crippen molar-refractivity contribution in [3.8, 4) is 11.4 Å². The Labute approximate surface area is 264 Å². The summed E-state index contributed by atoms with van der Waals surface area (Å²) < 4.78 is 56.9. The Kier molecular flexibility index (Phi) is 10.2. The lowest BCUT2D eigenvalue weighted by Gasteiger charge is -2.21. The van der Waals surface area contributed by atoms with Crippen LogP contribution in [0.15, 0.2) is 77.6 Å². The summed E-state index contributed by atoms with van der Waals surface area (Å²) in [5.41, 5.74) is 5.12. The lowest BCUT2D eigenvalue weighted by molar-refractivity contribution is -0.151. The number of hydrogen-bond acceptors (Lipinski definition) is 7. The number of nitrogens with one attached hydrogen (secondary N) is 1. The van der Waals surface area contributed by atoms with Crippen molar-refractivity contribution in [1.82, 2.24) is 9.88 Å². The molecule has 8 nitrogen and oxygen atoms in total. The molecule has 1 heterocycles. The molecule has 0 saturated heterocycles. The fourth-order valence-electron chi connectivity index (χ4n) is 5.49. The predicted molar refractivity (Wildman–Crippen MR) is 167 cm³/mol. The number of halogens is 3. The van der Waals surface area contributed by atoms with E-state index in [1.807, 2.05) is 30.3 Å². The second-order valence-corrected chi connectivity index (χ2v) is 11.2. The number of nitrogens with two attached hydrogens (primary N) is 1. The van der Waals surface area contributed by atoms with E-state index >= 15 is 8.78 Å². The summed E-state index contributed by atoms with van der Waals surface area (Å²) in [5.74, 6) is -5.01. The van der Waals surface area contributed by atoms with Crippen molar-refractivity contribution < 1.29 is 32.2 Å². The van der Waals surface area contributed by atoms with E-state index in [-0.39, 0.29) is 35.6 Å². The number of rotatable bonds is 12. The fraction of sp³-hybridized carbons (Fsp3) is 0.286. The molecule has 0 unspecified atom stereocenters. The molecule has 0 aliphatic heterocycles. The van der Waals surface area contributed by atoms with E-state index < -0.39 is 46.3 Å². The lowest BCUT2D eigenvalue weighted by atomic mass is 10.0. The second-order valence-electron chi connectivity index (χ2n) is 11.2. The van der Waals surface area contributed by atoms with Gasteiger partial charge in [-0.3, -0.25) is 14.2 Å². The molecule has 5 rings (SSSR count). The number of ketones is 1. The van der Waals surface area contributed by atoms with Gasteiger partial charge in [0, 0.05) is 18.2 Å². The van der Waals surface area contributed by atoms with Gasteiger partial charge in [-0.1, -0.05) is 36.4 Å². The molecule has 11 heteroatoms. The number of nitrogens with zero attached hydrogens (tertiary/aromatic N) is 1. The number of carbonyl (C=O) groups is 2. The number of hydrogen-bond donors (Lipinski definition) is 2. The quantitative estimate of drug-likeness (QED) is 0.112. The van der Waals surface area contributed by atoms with Crippen molar-refractivity contribution in [2.75, 3.05) is 18.9 Å². The van der Waals surface area contributed by atoms with Crippen molar-refractivity contribution in [2.24, 2.45) is 0 Å². The highest BCUT2D eigenvalue weighted by atomic mass is 19.1. The van der Waals surface area contributed by atoms with E-state index in [1.165, 1.54) is 18.2 Å². The Bertz CT molecular complexity index is 1770. The van der Waals surface area contributed by atoms with Crippen molar-refractivity contribution in [3.05, 3.63) is 123 Å². The van der Waals surface area contributed by atoms with Crippen molar-refractivity contribution in [2.45, 2.75) is 51.2 Å². The normalized spacial score (nSPS) is 13.8.